The van der Waals surface area contributed by atoms with Crippen molar-refractivity contribution >= 4 is 11.9 Å². The van der Waals surface area contributed by atoms with Gasteiger partial charge in [-0.3, -0.25) is 9.78 Å². The number of nitrogens with zero attached hydrogens (tertiary/aromatic N) is 4. The van der Waals surface area contributed by atoms with Crippen LogP contribution in [0.2, 0.25) is 0 Å². The number of pyridine rings is 1. The molecule has 39 heavy (non-hydrogen) atoms. The van der Waals surface area contributed by atoms with E-state index < -0.39 is 11.7 Å². The van der Waals surface area contributed by atoms with Gasteiger partial charge in [0.05, 0.1) is 18.3 Å². The van der Waals surface area contributed by atoms with Crippen LogP contribution in [0.15, 0.2) is 17.4 Å². The van der Waals surface area contributed by atoms with E-state index in [1.165, 1.54) is 4.90 Å². The van der Waals surface area contributed by atoms with Gasteiger partial charge >= 0.3 is 6.18 Å². The molecule has 1 saturated heterocycles. The topological polar surface area (TPSA) is 126 Å². The van der Waals surface area contributed by atoms with Gasteiger partial charge in [0, 0.05) is 77.2 Å². The molecule has 222 valence electrons. The van der Waals surface area contributed by atoms with Gasteiger partial charge in [0.25, 0.3) is 0 Å². The summed E-state index contributed by atoms with van der Waals surface area (Å²) in [6, 6.07) is 1.60. The zero-order valence-electron chi connectivity index (χ0n) is 23.5. The van der Waals surface area contributed by atoms with E-state index in [-0.39, 0.29) is 42.5 Å². The number of hydrogen-bond donors (Lipinski definition) is 3. The van der Waals surface area contributed by atoms with Gasteiger partial charge in [-0.05, 0) is 37.3 Å². The summed E-state index contributed by atoms with van der Waals surface area (Å²) in [5.74, 6) is 0.0567. The van der Waals surface area contributed by atoms with Crippen LogP contribution in [0.3, 0.4) is 0 Å². The lowest BCUT2D eigenvalue weighted by atomic mass is 10.00. The molecule has 0 aromatic carbocycles. The Labute approximate surface area is 228 Å². The van der Waals surface area contributed by atoms with Crippen molar-refractivity contribution in [3.63, 3.8) is 0 Å². The van der Waals surface area contributed by atoms with E-state index in [9.17, 15) is 18.0 Å². The molecular weight excluding hydrogens is 517 g/mol. The standard InChI is InChI=1S/C21H28F3N3O3.C3H9N3O.C2H6/c1-29-19-12-30-7-5-18(19)26-16-3-2-13(9-16)20(28)27-6-4-17-14(11-27)8-15(10-25-17)21(22,23)24;1-6(2)3(4)5-7;1-2/h8,10,13,16,18-19,26H,2-7,9,11-12H2,1H3;7H,1-2H3,(H2,4,5);1-2H3. The number of methoxy groups -OCH3 is 1. The van der Waals surface area contributed by atoms with Gasteiger partial charge in [-0.15, -0.1) is 0 Å². The monoisotopic (exact) mass is 560 g/mol. The Hall–Kier alpha value is -2.64. The maximum Gasteiger partial charge on any atom is 0.417 e. The van der Waals surface area contributed by atoms with E-state index in [2.05, 4.69) is 15.5 Å². The highest BCUT2D eigenvalue weighted by Gasteiger charge is 2.37. The molecule has 0 bridgehead atoms. The van der Waals surface area contributed by atoms with E-state index in [0.717, 1.165) is 37.9 Å². The van der Waals surface area contributed by atoms with Crippen molar-refractivity contribution in [1.82, 2.24) is 20.1 Å². The number of aromatic nitrogens is 1. The lowest BCUT2D eigenvalue weighted by molar-refractivity contribution is -0.138. The SMILES string of the molecule is CC.CN(C)/C(N)=N/O.COC1COCCC1NC1CCC(C(=O)N2CCc3ncc(C(F)(F)F)cc3C2)C1. The van der Waals surface area contributed by atoms with Crippen molar-refractivity contribution in [1.29, 1.82) is 0 Å². The number of hydrogen-bond acceptors (Lipinski definition) is 7. The molecule has 1 aliphatic carbocycles. The maximum absolute atomic E-state index is 13.1. The Kier molecular flexibility index (Phi) is 12.7. The van der Waals surface area contributed by atoms with Crippen LogP contribution >= 0.6 is 0 Å². The summed E-state index contributed by atoms with van der Waals surface area (Å²) in [6.45, 7) is 5.98. The van der Waals surface area contributed by atoms with Crippen molar-refractivity contribution < 1.29 is 32.6 Å². The Bertz CT molecular complexity index is 947. The maximum atomic E-state index is 13.1. The van der Waals surface area contributed by atoms with Crippen LogP contribution in [0.5, 0.6) is 0 Å². The molecule has 3 heterocycles. The molecule has 13 heteroatoms. The number of oxime groups is 1. The van der Waals surface area contributed by atoms with Gasteiger partial charge in [0.2, 0.25) is 11.9 Å². The minimum absolute atomic E-state index is 0.0161. The van der Waals surface area contributed by atoms with E-state index in [4.69, 9.17) is 20.4 Å². The molecule has 4 rings (SSSR count). The molecule has 1 aromatic heterocycles. The molecule has 4 N–H and O–H groups in total. The highest BCUT2D eigenvalue weighted by molar-refractivity contribution is 5.79. The predicted molar refractivity (Wildman–Crippen MR) is 141 cm³/mol. The van der Waals surface area contributed by atoms with Crippen molar-refractivity contribution in [2.75, 3.05) is 41.0 Å². The Morgan fingerprint density at radius 2 is 2.03 bits per heavy atom. The average molecular weight is 561 g/mol. The molecule has 2 aliphatic heterocycles. The van der Waals surface area contributed by atoms with Crippen molar-refractivity contribution in [2.24, 2.45) is 16.8 Å². The molecule has 3 aliphatic rings. The molecule has 4 unspecified atom stereocenters. The number of nitrogens with two attached hydrogens (primary N) is 1. The Morgan fingerprint density at radius 1 is 1.31 bits per heavy atom. The normalized spacial score (nSPS) is 25.0. The van der Waals surface area contributed by atoms with Gasteiger partial charge in [-0.1, -0.05) is 19.0 Å². The van der Waals surface area contributed by atoms with Gasteiger partial charge in [0.1, 0.15) is 0 Å². The third kappa shape index (κ3) is 9.21. The van der Waals surface area contributed by atoms with E-state index in [1.807, 2.05) is 13.8 Å². The first-order valence-corrected chi connectivity index (χ1v) is 13.4. The molecule has 1 aromatic rings. The molecule has 2 fully saturated rings. The lowest BCUT2D eigenvalue weighted by Crippen LogP contribution is -2.50. The zero-order valence-corrected chi connectivity index (χ0v) is 23.5. The summed E-state index contributed by atoms with van der Waals surface area (Å²) in [7, 11) is 5.06. The number of ether oxygens (including phenoxy) is 2. The second kappa shape index (κ2) is 15.2. The molecule has 1 saturated carbocycles. The van der Waals surface area contributed by atoms with Crippen LogP contribution in [0.1, 0.15) is 56.4 Å². The minimum atomic E-state index is -4.43. The molecule has 1 amide bonds. The minimum Gasteiger partial charge on any atom is -0.408 e. The van der Waals surface area contributed by atoms with Crippen LogP contribution in [0, 0.1) is 5.92 Å². The summed E-state index contributed by atoms with van der Waals surface area (Å²) in [6.07, 6.45) is 0.293. The van der Waals surface area contributed by atoms with Crippen molar-refractivity contribution in [3.8, 4) is 0 Å². The number of amides is 1. The fourth-order valence-corrected chi connectivity index (χ4v) is 4.91. The third-order valence-corrected chi connectivity index (χ3v) is 7.08. The average Bonchev–Trinajstić information content (AvgIpc) is 3.41. The van der Waals surface area contributed by atoms with Crippen LogP contribution in [0.4, 0.5) is 13.2 Å². The smallest absolute Gasteiger partial charge is 0.408 e. The van der Waals surface area contributed by atoms with Crippen LogP contribution in [-0.2, 0) is 33.4 Å². The summed E-state index contributed by atoms with van der Waals surface area (Å²) in [5.41, 5.74) is 5.44. The number of carbonyl (C=O) groups excluding carboxylic acids is 1. The molecule has 0 spiro atoms. The molecule has 4 atom stereocenters. The Morgan fingerprint density at radius 3 is 2.62 bits per heavy atom. The summed E-state index contributed by atoms with van der Waals surface area (Å²) in [5, 5.41) is 14.3. The summed E-state index contributed by atoms with van der Waals surface area (Å²) in [4.78, 5) is 20.2. The van der Waals surface area contributed by atoms with Crippen LogP contribution in [0.25, 0.3) is 0 Å². The van der Waals surface area contributed by atoms with Crippen molar-refractivity contribution in [3.05, 3.63) is 29.1 Å². The Balaban J connectivity index is 0.000000517. The number of fused-ring (bicyclic) bond motifs is 1. The van der Waals surface area contributed by atoms with E-state index in [1.54, 1.807) is 26.1 Å². The first kappa shape index (κ1) is 32.6. The molecule has 0 radical (unpaired) electrons. The number of rotatable bonds is 4. The number of nitrogens with one attached hydrogen (secondary N) is 1. The van der Waals surface area contributed by atoms with Gasteiger partial charge < -0.3 is 35.5 Å². The van der Waals surface area contributed by atoms with Crippen LogP contribution < -0.4 is 11.1 Å². The van der Waals surface area contributed by atoms with E-state index in [0.29, 0.717) is 37.4 Å². The molecule has 10 nitrogen and oxygen atoms in total. The number of alkyl halides is 3. The first-order valence-electron chi connectivity index (χ1n) is 13.4. The summed E-state index contributed by atoms with van der Waals surface area (Å²) >= 11 is 0. The van der Waals surface area contributed by atoms with Gasteiger partial charge in [-0.25, -0.2) is 0 Å². The number of halogens is 3. The second-order valence-electron chi connectivity index (χ2n) is 9.81. The highest BCUT2D eigenvalue weighted by atomic mass is 19.4. The number of carbonyl (C=O) groups is 1. The van der Waals surface area contributed by atoms with E-state index >= 15 is 0 Å². The van der Waals surface area contributed by atoms with Gasteiger partial charge in [-0.2, -0.15) is 13.2 Å². The number of guanidine groups is 1. The largest absolute Gasteiger partial charge is 0.417 e. The highest BCUT2D eigenvalue weighted by Crippen LogP contribution is 2.33. The third-order valence-electron chi connectivity index (χ3n) is 7.08. The van der Waals surface area contributed by atoms with Crippen LogP contribution in [-0.4, -0.2) is 91.0 Å². The first-order chi connectivity index (χ1) is 18.5. The fraction of sp³-hybridized carbons (Fsp3) is 0.731. The fourth-order valence-electron chi connectivity index (χ4n) is 4.91. The zero-order chi connectivity index (χ0) is 29.2. The second-order valence-corrected chi connectivity index (χ2v) is 9.81. The van der Waals surface area contributed by atoms with Gasteiger partial charge in [0.15, 0.2) is 0 Å². The quantitative estimate of drug-likeness (QED) is 0.222. The van der Waals surface area contributed by atoms with Crippen molar-refractivity contribution in [2.45, 2.75) is 76.9 Å². The molecular formula is C26H43F3N6O4. The summed E-state index contributed by atoms with van der Waals surface area (Å²) < 4.78 is 50.0. The predicted octanol–water partition coefficient (Wildman–Crippen LogP) is 2.83. The lowest BCUT2D eigenvalue weighted by Gasteiger charge is -2.33.